The average Bonchev–Trinajstić information content (AvgIpc) is 2.35. The number of benzene rings is 1. The maximum absolute atomic E-state index is 11.9. The fraction of sp³-hybridized carbons (Fsp3) is 0.385. The minimum Gasteiger partial charge on any atom is -0.508 e. The van der Waals surface area contributed by atoms with Crippen molar-refractivity contribution in [3.63, 3.8) is 0 Å². The van der Waals surface area contributed by atoms with Crippen LogP contribution in [0.15, 0.2) is 18.2 Å². The second-order valence-corrected chi connectivity index (χ2v) is 4.52. The molecule has 2 rings (SSSR count). The minimum absolute atomic E-state index is 0.161. The van der Waals surface area contributed by atoms with Crippen molar-refractivity contribution in [3.8, 4) is 5.75 Å². The fourth-order valence-electron chi connectivity index (χ4n) is 2.11. The second kappa shape index (κ2) is 4.68. The Morgan fingerprint density at radius 2 is 2.06 bits per heavy atom. The Balaban J connectivity index is 2.16. The summed E-state index contributed by atoms with van der Waals surface area (Å²) in [5.41, 5.74) is 1.98. The monoisotopic (exact) mass is 249 g/mol. The van der Waals surface area contributed by atoms with Crippen molar-refractivity contribution in [1.82, 2.24) is 4.90 Å². The SMILES string of the molecule is CC(C(=O)O)C(=O)N1CCc2ccc(O)cc2C1. The van der Waals surface area contributed by atoms with Crippen LogP contribution in [0, 0.1) is 5.92 Å². The summed E-state index contributed by atoms with van der Waals surface area (Å²) >= 11 is 0. The standard InChI is InChI=1S/C13H15NO4/c1-8(13(17)18)12(16)14-5-4-9-2-3-11(15)6-10(9)7-14/h2-3,6,8,15H,4-5,7H2,1H3,(H,17,18). The molecule has 1 unspecified atom stereocenters. The van der Waals surface area contributed by atoms with Gasteiger partial charge in [-0.15, -0.1) is 0 Å². The van der Waals surface area contributed by atoms with E-state index >= 15 is 0 Å². The van der Waals surface area contributed by atoms with Crippen molar-refractivity contribution in [2.24, 2.45) is 5.92 Å². The van der Waals surface area contributed by atoms with Gasteiger partial charge in [-0.05, 0) is 36.6 Å². The molecule has 1 atom stereocenters. The number of aromatic hydroxyl groups is 1. The van der Waals surface area contributed by atoms with Crippen molar-refractivity contribution in [2.75, 3.05) is 6.54 Å². The van der Waals surface area contributed by atoms with Crippen LogP contribution < -0.4 is 0 Å². The molecule has 0 spiro atoms. The zero-order chi connectivity index (χ0) is 13.3. The third kappa shape index (κ3) is 2.30. The van der Waals surface area contributed by atoms with Gasteiger partial charge in [-0.1, -0.05) is 6.07 Å². The van der Waals surface area contributed by atoms with Gasteiger partial charge in [0.25, 0.3) is 0 Å². The van der Waals surface area contributed by atoms with E-state index in [-0.39, 0.29) is 11.7 Å². The van der Waals surface area contributed by atoms with Crippen LogP contribution in [0.25, 0.3) is 0 Å². The number of carboxylic acids is 1. The van der Waals surface area contributed by atoms with E-state index in [1.54, 1.807) is 12.1 Å². The Labute approximate surface area is 105 Å². The molecule has 18 heavy (non-hydrogen) atoms. The number of carboxylic acid groups (broad SMARTS) is 1. The maximum atomic E-state index is 11.9. The van der Waals surface area contributed by atoms with Gasteiger partial charge in [0.1, 0.15) is 11.7 Å². The number of hydrogen-bond donors (Lipinski definition) is 2. The van der Waals surface area contributed by atoms with Gasteiger partial charge in [-0.25, -0.2) is 0 Å². The van der Waals surface area contributed by atoms with E-state index in [0.717, 1.165) is 11.1 Å². The number of fused-ring (bicyclic) bond motifs is 1. The van der Waals surface area contributed by atoms with Crippen molar-refractivity contribution >= 4 is 11.9 Å². The van der Waals surface area contributed by atoms with Gasteiger partial charge in [-0.3, -0.25) is 9.59 Å². The lowest BCUT2D eigenvalue weighted by Crippen LogP contribution is -2.41. The molecule has 1 aromatic carbocycles. The number of aliphatic carboxylic acids is 1. The number of phenolic OH excluding ortho intramolecular Hbond substituents is 1. The van der Waals surface area contributed by atoms with Crippen LogP contribution in [0.3, 0.4) is 0 Å². The topological polar surface area (TPSA) is 77.8 Å². The molecular weight excluding hydrogens is 234 g/mol. The largest absolute Gasteiger partial charge is 0.508 e. The van der Waals surface area contributed by atoms with Crippen molar-refractivity contribution in [2.45, 2.75) is 19.9 Å². The van der Waals surface area contributed by atoms with E-state index < -0.39 is 11.9 Å². The van der Waals surface area contributed by atoms with Crippen molar-refractivity contribution in [1.29, 1.82) is 0 Å². The number of rotatable bonds is 2. The Morgan fingerprint density at radius 3 is 2.72 bits per heavy atom. The van der Waals surface area contributed by atoms with Crippen LogP contribution in [0.1, 0.15) is 18.1 Å². The summed E-state index contributed by atoms with van der Waals surface area (Å²) < 4.78 is 0. The normalized spacial score (nSPS) is 15.9. The van der Waals surface area contributed by atoms with E-state index in [2.05, 4.69) is 0 Å². The molecule has 1 aromatic rings. The maximum Gasteiger partial charge on any atom is 0.315 e. The molecule has 1 aliphatic rings. The number of hydrogen-bond acceptors (Lipinski definition) is 3. The third-order valence-corrected chi connectivity index (χ3v) is 3.25. The van der Waals surface area contributed by atoms with E-state index in [1.807, 2.05) is 6.07 Å². The predicted octanol–water partition coefficient (Wildman–Crippen LogP) is 0.998. The molecule has 0 aliphatic carbocycles. The summed E-state index contributed by atoms with van der Waals surface area (Å²) in [7, 11) is 0. The predicted molar refractivity (Wildman–Crippen MR) is 64.0 cm³/mol. The highest BCUT2D eigenvalue weighted by molar-refractivity contribution is 5.96. The number of nitrogens with zero attached hydrogens (tertiary/aromatic N) is 1. The lowest BCUT2D eigenvalue weighted by Gasteiger charge is -2.30. The van der Waals surface area contributed by atoms with Gasteiger partial charge in [0, 0.05) is 13.1 Å². The van der Waals surface area contributed by atoms with Crippen molar-refractivity contribution < 1.29 is 19.8 Å². The second-order valence-electron chi connectivity index (χ2n) is 4.52. The van der Waals surface area contributed by atoms with Gasteiger partial charge in [0.05, 0.1) is 0 Å². The molecule has 0 saturated heterocycles. The molecule has 0 saturated carbocycles. The van der Waals surface area contributed by atoms with Crippen LogP contribution in [-0.4, -0.2) is 33.5 Å². The van der Waals surface area contributed by atoms with E-state index in [1.165, 1.54) is 11.8 Å². The van der Waals surface area contributed by atoms with E-state index in [9.17, 15) is 14.7 Å². The van der Waals surface area contributed by atoms with Crippen LogP contribution >= 0.6 is 0 Å². The zero-order valence-electron chi connectivity index (χ0n) is 10.1. The summed E-state index contributed by atoms with van der Waals surface area (Å²) in [5.74, 6) is -2.35. The Morgan fingerprint density at radius 1 is 1.33 bits per heavy atom. The van der Waals surface area contributed by atoms with E-state index in [4.69, 9.17) is 5.11 Å². The van der Waals surface area contributed by atoms with Gasteiger partial charge < -0.3 is 15.1 Å². The molecule has 2 N–H and O–H groups in total. The zero-order valence-corrected chi connectivity index (χ0v) is 10.1. The molecule has 0 aromatic heterocycles. The van der Waals surface area contributed by atoms with Crippen LogP contribution in [0.2, 0.25) is 0 Å². The number of carbonyl (C=O) groups is 2. The molecule has 0 fully saturated rings. The highest BCUT2D eigenvalue weighted by Gasteiger charge is 2.28. The van der Waals surface area contributed by atoms with Gasteiger partial charge in [0.15, 0.2) is 0 Å². The Bertz CT molecular complexity index is 498. The molecular formula is C13H15NO4. The molecule has 5 nitrogen and oxygen atoms in total. The lowest BCUT2D eigenvalue weighted by atomic mass is 9.98. The van der Waals surface area contributed by atoms with E-state index in [0.29, 0.717) is 19.5 Å². The number of carbonyl (C=O) groups excluding carboxylic acids is 1. The Kier molecular flexibility index (Phi) is 3.23. The van der Waals surface area contributed by atoms with Gasteiger partial charge >= 0.3 is 5.97 Å². The first-order chi connectivity index (χ1) is 8.49. The van der Waals surface area contributed by atoms with Crippen LogP contribution in [0.5, 0.6) is 5.75 Å². The highest BCUT2D eigenvalue weighted by atomic mass is 16.4. The Hall–Kier alpha value is -2.04. The molecule has 0 bridgehead atoms. The van der Waals surface area contributed by atoms with Crippen LogP contribution in [-0.2, 0) is 22.6 Å². The molecule has 0 radical (unpaired) electrons. The quantitative estimate of drug-likeness (QED) is 0.766. The van der Waals surface area contributed by atoms with Gasteiger partial charge in [0.2, 0.25) is 5.91 Å². The molecule has 1 amide bonds. The smallest absolute Gasteiger partial charge is 0.315 e. The summed E-state index contributed by atoms with van der Waals surface area (Å²) in [4.78, 5) is 24.2. The average molecular weight is 249 g/mol. The fourth-order valence-corrected chi connectivity index (χ4v) is 2.11. The summed E-state index contributed by atoms with van der Waals surface area (Å²) in [6.07, 6.45) is 0.688. The first kappa shape index (κ1) is 12.4. The summed E-state index contributed by atoms with van der Waals surface area (Å²) in [6, 6.07) is 5.09. The lowest BCUT2D eigenvalue weighted by molar-refractivity contribution is -0.150. The minimum atomic E-state index is -1.11. The third-order valence-electron chi connectivity index (χ3n) is 3.25. The highest BCUT2D eigenvalue weighted by Crippen LogP contribution is 2.24. The first-order valence-corrected chi connectivity index (χ1v) is 5.81. The number of amides is 1. The summed E-state index contributed by atoms with van der Waals surface area (Å²) in [6.45, 7) is 2.27. The molecule has 1 aliphatic heterocycles. The molecule has 96 valence electrons. The summed E-state index contributed by atoms with van der Waals surface area (Å²) in [5, 5.41) is 18.2. The van der Waals surface area contributed by atoms with Crippen LogP contribution in [0.4, 0.5) is 0 Å². The first-order valence-electron chi connectivity index (χ1n) is 5.81. The van der Waals surface area contributed by atoms with Crippen molar-refractivity contribution in [3.05, 3.63) is 29.3 Å². The van der Waals surface area contributed by atoms with Gasteiger partial charge in [-0.2, -0.15) is 0 Å². The molecule has 5 heteroatoms. The number of phenols is 1. The molecule has 1 heterocycles.